The number of amides is 2. The summed E-state index contributed by atoms with van der Waals surface area (Å²) in [6.07, 6.45) is 0.945. The van der Waals surface area contributed by atoms with Gasteiger partial charge in [0.05, 0.1) is 10.6 Å². The molecule has 0 aliphatic carbocycles. The van der Waals surface area contributed by atoms with Crippen molar-refractivity contribution in [2.45, 2.75) is 45.4 Å². The highest BCUT2D eigenvalue weighted by Crippen LogP contribution is 2.35. The van der Waals surface area contributed by atoms with Crippen LogP contribution >= 0.6 is 0 Å². The lowest BCUT2D eigenvalue weighted by Crippen LogP contribution is -2.49. The molecule has 0 atom stereocenters. The molecule has 32 heavy (non-hydrogen) atoms. The number of hydrogen-bond acceptors (Lipinski definition) is 6. The molecule has 0 bridgehead atoms. The largest absolute Gasteiger partial charge is 0.444 e. The maximum absolute atomic E-state index is 12.5. The zero-order chi connectivity index (χ0) is 22.8. The number of cyclic esters (lactones) is 1. The monoisotopic (exact) mass is 438 g/mol. The molecule has 168 valence electrons. The number of piperidine rings is 1. The summed E-state index contributed by atoms with van der Waals surface area (Å²) in [5.74, 6) is -0.337. The highest BCUT2D eigenvalue weighted by molar-refractivity contribution is 5.96. The van der Waals surface area contributed by atoms with Crippen LogP contribution in [0, 0.1) is 10.1 Å². The Bertz CT molecular complexity index is 1050. The predicted molar refractivity (Wildman–Crippen MR) is 120 cm³/mol. The van der Waals surface area contributed by atoms with E-state index < -0.39 is 4.92 Å². The number of nitro groups is 1. The zero-order valence-corrected chi connectivity index (χ0v) is 18.1. The van der Waals surface area contributed by atoms with Crippen molar-refractivity contribution in [1.29, 1.82) is 0 Å². The van der Waals surface area contributed by atoms with Crippen LogP contribution < -0.4 is 15.1 Å². The number of nitrogens with one attached hydrogen (secondary N) is 1. The molecule has 2 aromatic carbocycles. The van der Waals surface area contributed by atoms with Crippen LogP contribution in [0.2, 0.25) is 0 Å². The second-order valence-corrected chi connectivity index (χ2v) is 8.36. The van der Waals surface area contributed by atoms with E-state index in [9.17, 15) is 19.7 Å². The van der Waals surface area contributed by atoms with E-state index in [2.05, 4.69) is 5.32 Å². The molecule has 9 nitrogen and oxygen atoms in total. The van der Waals surface area contributed by atoms with E-state index in [0.717, 1.165) is 11.3 Å². The van der Waals surface area contributed by atoms with Gasteiger partial charge >= 0.3 is 6.09 Å². The van der Waals surface area contributed by atoms with Crippen molar-refractivity contribution in [2.24, 2.45) is 0 Å². The Balaban J connectivity index is 1.51. The Morgan fingerprint density at radius 1 is 1.16 bits per heavy atom. The van der Waals surface area contributed by atoms with Gasteiger partial charge in [0.1, 0.15) is 12.3 Å². The van der Waals surface area contributed by atoms with Crippen LogP contribution in [-0.2, 0) is 11.3 Å². The zero-order valence-electron chi connectivity index (χ0n) is 18.1. The molecule has 0 radical (unpaired) electrons. The average Bonchev–Trinajstić information content (AvgIpc) is 2.78. The quantitative estimate of drug-likeness (QED) is 0.561. The van der Waals surface area contributed by atoms with Crippen molar-refractivity contribution in [3.05, 3.63) is 63.7 Å². The Morgan fingerprint density at radius 3 is 2.56 bits per heavy atom. The van der Waals surface area contributed by atoms with Gasteiger partial charge in [-0.3, -0.25) is 19.8 Å². The van der Waals surface area contributed by atoms with Crippen LogP contribution in [0.15, 0.2) is 42.5 Å². The van der Waals surface area contributed by atoms with E-state index in [1.54, 1.807) is 17.0 Å². The molecule has 1 fully saturated rings. The summed E-state index contributed by atoms with van der Waals surface area (Å²) in [6.45, 7) is 5.04. The van der Waals surface area contributed by atoms with Gasteiger partial charge in [-0.2, -0.15) is 0 Å². The maximum Gasteiger partial charge on any atom is 0.414 e. The van der Waals surface area contributed by atoms with E-state index in [4.69, 9.17) is 4.74 Å². The molecule has 2 aliphatic heterocycles. The molecule has 0 saturated carbocycles. The number of carbonyl (C=O) groups excluding carboxylic acids is 2. The van der Waals surface area contributed by atoms with Crippen molar-refractivity contribution in [3.63, 3.8) is 0 Å². The Hall–Kier alpha value is -3.62. The summed E-state index contributed by atoms with van der Waals surface area (Å²) >= 11 is 0. The number of hydrogen-bond donors (Lipinski definition) is 1. The lowest BCUT2D eigenvalue weighted by atomic mass is 9.99. The van der Waals surface area contributed by atoms with E-state index in [1.807, 2.05) is 43.0 Å². The minimum Gasteiger partial charge on any atom is -0.444 e. The molecule has 2 aromatic rings. The average molecular weight is 438 g/mol. The van der Waals surface area contributed by atoms with Gasteiger partial charge in [-0.15, -0.1) is 0 Å². The predicted octanol–water partition coefficient (Wildman–Crippen LogP) is 3.86. The van der Waals surface area contributed by atoms with E-state index in [-0.39, 0.29) is 41.9 Å². The number of nitrogens with zero attached hydrogens (tertiary/aromatic N) is 3. The van der Waals surface area contributed by atoms with Crippen LogP contribution in [0.4, 0.5) is 21.9 Å². The molecule has 4 rings (SSSR count). The first kappa shape index (κ1) is 21.6. The molecule has 0 spiro atoms. The summed E-state index contributed by atoms with van der Waals surface area (Å²) < 4.78 is 5.34. The van der Waals surface area contributed by atoms with Crippen molar-refractivity contribution in [3.8, 4) is 0 Å². The summed E-state index contributed by atoms with van der Waals surface area (Å²) in [4.78, 5) is 39.7. The summed E-state index contributed by atoms with van der Waals surface area (Å²) in [6, 6.07) is 12.2. The fourth-order valence-electron chi connectivity index (χ4n) is 4.31. The van der Waals surface area contributed by atoms with Gasteiger partial charge in [0, 0.05) is 42.4 Å². The maximum atomic E-state index is 12.5. The van der Waals surface area contributed by atoms with Crippen molar-refractivity contribution in [2.75, 3.05) is 22.9 Å². The lowest BCUT2D eigenvalue weighted by Gasteiger charge is -2.40. The van der Waals surface area contributed by atoms with Gasteiger partial charge in [0.15, 0.2) is 0 Å². The topological polar surface area (TPSA) is 105 Å². The van der Waals surface area contributed by atoms with Crippen molar-refractivity contribution >= 4 is 29.1 Å². The molecular weight excluding hydrogens is 412 g/mol. The first-order valence-electron chi connectivity index (χ1n) is 10.7. The molecule has 1 saturated heterocycles. The van der Waals surface area contributed by atoms with E-state index in [0.29, 0.717) is 31.6 Å². The minimum atomic E-state index is -0.453. The molecule has 9 heteroatoms. The third-order valence-electron chi connectivity index (χ3n) is 5.82. The number of fused-ring (bicyclic) bond motifs is 1. The van der Waals surface area contributed by atoms with Crippen molar-refractivity contribution in [1.82, 2.24) is 5.32 Å². The lowest BCUT2D eigenvalue weighted by molar-refractivity contribution is -0.384. The third kappa shape index (κ3) is 4.23. The molecular formula is C23H26N4O5. The molecule has 0 aromatic heterocycles. The van der Waals surface area contributed by atoms with Crippen LogP contribution in [0.5, 0.6) is 0 Å². The van der Waals surface area contributed by atoms with Crippen molar-refractivity contribution < 1.29 is 19.2 Å². The number of anilines is 2. The second-order valence-electron chi connectivity index (χ2n) is 8.36. The standard InChI is InChI=1S/C23H26N4O5/c1-15(2)24-22(28)16-7-8-20(21(13-16)27(30)31)25-11-9-18(10-12-25)26-19-6-4-3-5-17(19)14-32-23(26)29/h3-8,13,15,18H,9-12,14H2,1-2H3,(H,24,28). The molecule has 2 aliphatic rings. The van der Waals surface area contributed by atoms with Gasteiger partial charge in [0.2, 0.25) is 0 Å². The molecule has 0 unspecified atom stereocenters. The van der Waals surface area contributed by atoms with Crippen LogP contribution in [0.1, 0.15) is 42.6 Å². The van der Waals surface area contributed by atoms with E-state index >= 15 is 0 Å². The number of nitro benzene ring substituents is 1. The SMILES string of the molecule is CC(C)NC(=O)c1ccc(N2CCC(N3C(=O)OCc4ccccc43)CC2)c([N+](=O)[O-])c1. The molecule has 2 heterocycles. The number of carbonyl (C=O) groups is 2. The molecule has 2 amide bonds. The van der Waals surface area contributed by atoms with Gasteiger partial charge in [-0.1, -0.05) is 18.2 Å². The number of para-hydroxylation sites is 1. The summed E-state index contributed by atoms with van der Waals surface area (Å²) in [5.41, 5.74) is 2.49. The normalized spacial score (nSPS) is 16.5. The fraction of sp³-hybridized carbons (Fsp3) is 0.391. The van der Waals surface area contributed by atoms with E-state index in [1.165, 1.54) is 6.07 Å². The highest BCUT2D eigenvalue weighted by atomic mass is 16.6. The number of benzene rings is 2. The summed E-state index contributed by atoms with van der Waals surface area (Å²) in [5, 5.41) is 14.5. The van der Waals surface area contributed by atoms with Crippen LogP contribution in [-0.4, -0.2) is 42.1 Å². The Kier molecular flexibility index (Phi) is 5.98. The molecule has 1 N–H and O–H groups in total. The van der Waals surface area contributed by atoms with Gasteiger partial charge in [-0.25, -0.2) is 4.79 Å². The highest BCUT2D eigenvalue weighted by Gasteiger charge is 2.35. The smallest absolute Gasteiger partial charge is 0.414 e. The second kappa shape index (κ2) is 8.86. The summed E-state index contributed by atoms with van der Waals surface area (Å²) in [7, 11) is 0. The minimum absolute atomic E-state index is 0.0460. The first-order valence-corrected chi connectivity index (χ1v) is 10.7. The Morgan fingerprint density at radius 2 is 1.88 bits per heavy atom. The van der Waals surface area contributed by atoms with Gasteiger partial charge in [0.25, 0.3) is 11.6 Å². The van der Waals surface area contributed by atoms with Gasteiger partial charge in [-0.05, 0) is 44.9 Å². The van der Waals surface area contributed by atoms with Gasteiger partial charge < -0.3 is 15.0 Å². The third-order valence-corrected chi connectivity index (χ3v) is 5.82. The van der Waals surface area contributed by atoms with Crippen LogP contribution in [0.3, 0.4) is 0 Å². The number of rotatable bonds is 5. The number of ether oxygens (including phenoxy) is 1. The van der Waals surface area contributed by atoms with Crippen LogP contribution in [0.25, 0.3) is 0 Å². The fourth-order valence-corrected chi connectivity index (χ4v) is 4.31. The first-order chi connectivity index (χ1) is 15.3. The Labute approximate surface area is 186 Å².